The largest absolute Gasteiger partial charge is 0.345 e. The Morgan fingerprint density at radius 3 is 2.55 bits per heavy atom. The van der Waals surface area contributed by atoms with E-state index in [0.29, 0.717) is 0 Å². The van der Waals surface area contributed by atoms with Crippen LogP contribution in [0.4, 0.5) is 4.39 Å². The first-order valence-electron chi connectivity index (χ1n) is 5.99. The fraction of sp³-hybridized carbons (Fsp3) is 0.133. The third kappa shape index (κ3) is 3.38. The number of hydrogen-bond acceptors (Lipinski definition) is 1. The predicted octanol–water partition coefficient (Wildman–Crippen LogP) is 4.73. The van der Waals surface area contributed by atoms with E-state index < -0.39 is 11.7 Å². The van der Waals surface area contributed by atoms with Crippen molar-refractivity contribution in [1.82, 2.24) is 5.32 Å². The van der Waals surface area contributed by atoms with Crippen molar-refractivity contribution < 1.29 is 9.18 Å². The van der Waals surface area contributed by atoms with Gasteiger partial charge in [0.25, 0.3) is 5.91 Å². The number of nitrogens with one attached hydrogen (secondary N) is 1. The van der Waals surface area contributed by atoms with Crippen LogP contribution in [-0.4, -0.2) is 5.91 Å². The monoisotopic (exact) mass is 355 g/mol. The maximum atomic E-state index is 13.3. The van der Waals surface area contributed by atoms with Crippen LogP contribution in [0.2, 0.25) is 5.02 Å². The van der Waals surface area contributed by atoms with Crippen LogP contribution in [0.25, 0.3) is 0 Å². The number of benzene rings is 2. The lowest BCUT2D eigenvalue weighted by molar-refractivity contribution is 0.0939. The molecule has 1 unspecified atom stereocenters. The van der Waals surface area contributed by atoms with Gasteiger partial charge in [0, 0.05) is 4.47 Å². The van der Waals surface area contributed by atoms with Crippen LogP contribution in [0.5, 0.6) is 0 Å². The van der Waals surface area contributed by atoms with Crippen LogP contribution in [0.3, 0.4) is 0 Å². The Hall–Kier alpha value is -1.39. The second-order valence-corrected chi connectivity index (χ2v) is 5.64. The smallest absolute Gasteiger partial charge is 0.253 e. The molecule has 0 aliphatic carbocycles. The summed E-state index contributed by atoms with van der Waals surface area (Å²) in [6, 6.07) is 11.6. The molecule has 0 aromatic heterocycles. The average molecular weight is 357 g/mol. The first-order valence-corrected chi connectivity index (χ1v) is 7.16. The molecule has 0 saturated heterocycles. The summed E-state index contributed by atoms with van der Waals surface area (Å²) in [4.78, 5) is 12.1. The highest BCUT2D eigenvalue weighted by molar-refractivity contribution is 9.10. The van der Waals surface area contributed by atoms with E-state index in [0.717, 1.165) is 10.0 Å². The number of carbonyl (C=O) groups is 1. The summed E-state index contributed by atoms with van der Waals surface area (Å²) in [5.41, 5.74) is 1.09. The first kappa shape index (κ1) is 15.0. The number of amides is 1. The zero-order valence-electron chi connectivity index (χ0n) is 10.7. The third-order valence-electron chi connectivity index (χ3n) is 2.91. The summed E-state index contributed by atoms with van der Waals surface area (Å²) < 4.78 is 14.3. The Morgan fingerprint density at radius 1 is 1.25 bits per heavy atom. The molecular weight excluding hydrogens is 345 g/mol. The van der Waals surface area contributed by atoms with Crippen molar-refractivity contribution in [2.75, 3.05) is 0 Å². The number of carbonyl (C=O) groups excluding carboxylic acids is 1. The predicted molar refractivity (Wildman–Crippen MR) is 81.4 cm³/mol. The second kappa shape index (κ2) is 6.37. The van der Waals surface area contributed by atoms with Gasteiger partial charge in [0.05, 0.1) is 16.6 Å². The molecule has 20 heavy (non-hydrogen) atoms. The Morgan fingerprint density at radius 2 is 1.90 bits per heavy atom. The zero-order chi connectivity index (χ0) is 14.7. The molecule has 104 valence electrons. The highest BCUT2D eigenvalue weighted by atomic mass is 79.9. The van der Waals surface area contributed by atoms with Crippen molar-refractivity contribution in [3.8, 4) is 0 Å². The Labute approximate surface area is 130 Å². The quantitative estimate of drug-likeness (QED) is 0.846. The van der Waals surface area contributed by atoms with Gasteiger partial charge in [-0.1, -0.05) is 45.7 Å². The van der Waals surface area contributed by atoms with Gasteiger partial charge in [-0.15, -0.1) is 0 Å². The highest BCUT2D eigenvalue weighted by Gasteiger charge is 2.16. The molecule has 5 heteroatoms. The maximum Gasteiger partial charge on any atom is 0.253 e. The summed E-state index contributed by atoms with van der Waals surface area (Å²) in [7, 11) is 0. The lowest BCUT2D eigenvalue weighted by atomic mass is 10.1. The summed E-state index contributed by atoms with van der Waals surface area (Å²) >= 11 is 9.15. The van der Waals surface area contributed by atoms with Crippen LogP contribution < -0.4 is 5.32 Å². The molecule has 0 aliphatic rings. The first-order chi connectivity index (χ1) is 9.49. The van der Waals surface area contributed by atoms with Gasteiger partial charge in [-0.05, 0) is 36.8 Å². The van der Waals surface area contributed by atoms with Crippen LogP contribution in [0, 0.1) is 5.82 Å². The van der Waals surface area contributed by atoms with Crippen LogP contribution >= 0.6 is 27.5 Å². The van der Waals surface area contributed by atoms with E-state index in [4.69, 9.17) is 11.6 Å². The molecule has 2 aromatic rings. The number of rotatable bonds is 3. The van der Waals surface area contributed by atoms with E-state index in [1.807, 2.05) is 31.2 Å². The molecule has 2 aromatic carbocycles. The second-order valence-electron chi connectivity index (χ2n) is 4.35. The fourth-order valence-corrected chi connectivity index (χ4v) is 2.26. The van der Waals surface area contributed by atoms with Gasteiger partial charge in [0.15, 0.2) is 0 Å². The molecule has 2 nitrogen and oxygen atoms in total. The molecule has 1 atom stereocenters. The topological polar surface area (TPSA) is 29.1 Å². The minimum Gasteiger partial charge on any atom is -0.345 e. The van der Waals surface area contributed by atoms with Gasteiger partial charge in [-0.25, -0.2) is 4.39 Å². The lowest BCUT2D eigenvalue weighted by Crippen LogP contribution is -2.27. The molecule has 0 aliphatic heterocycles. The van der Waals surface area contributed by atoms with E-state index >= 15 is 0 Å². The van der Waals surface area contributed by atoms with Crippen molar-refractivity contribution >= 4 is 33.4 Å². The zero-order valence-corrected chi connectivity index (χ0v) is 13.0. The van der Waals surface area contributed by atoms with Crippen molar-refractivity contribution in [3.63, 3.8) is 0 Å². The molecular formula is C15H12BrClFNO. The molecule has 1 N–H and O–H groups in total. The van der Waals surface area contributed by atoms with Crippen molar-refractivity contribution in [2.45, 2.75) is 13.0 Å². The van der Waals surface area contributed by atoms with Crippen molar-refractivity contribution in [1.29, 1.82) is 0 Å². The van der Waals surface area contributed by atoms with Crippen molar-refractivity contribution in [2.24, 2.45) is 0 Å². The Bertz CT molecular complexity index is 630. The van der Waals surface area contributed by atoms with Gasteiger partial charge >= 0.3 is 0 Å². The van der Waals surface area contributed by atoms with Crippen LogP contribution in [0.15, 0.2) is 46.9 Å². The maximum absolute atomic E-state index is 13.3. The molecule has 2 rings (SSSR count). The van der Waals surface area contributed by atoms with Crippen LogP contribution in [-0.2, 0) is 0 Å². The van der Waals surface area contributed by atoms with Gasteiger partial charge in [-0.3, -0.25) is 4.79 Å². The molecule has 0 saturated carbocycles. The summed E-state index contributed by atoms with van der Waals surface area (Å²) in [6.45, 7) is 1.86. The summed E-state index contributed by atoms with van der Waals surface area (Å²) in [5.74, 6) is -1.000. The summed E-state index contributed by atoms with van der Waals surface area (Å²) in [6.07, 6.45) is 0. The Balaban J connectivity index is 2.15. The molecule has 0 bridgehead atoms. The Kier molecular flexibility index (Phi) is 4.78. The molecule has 0 heterocycles. The van der Waals surface area contributed by atoms with E-state index in [2.05, 4.69) is 21.2 Å². The lowest BCUT2D eigenvalue weighted by Gasteiger charge is -2.15. The standard InChI is InChI=1S/C15H12BrClFNO/c1-9(10-5-7-11(16)8-6-10)19-15(20)12-3-2-4-13(18)14(12)17/h2-9H,1H3,(H,19,20). The molecule has 0 fully saturated rings. The normalized spacial score (nSPS) is 12.0. The fourth-order valence-electron chi connectivity index (χ4n) is 1.79. The third-order valence-corrected chi connectivity index (χ3v) is 3.83. The van der Waals surface area contributed by atoms with Gasteiger partial charge in [-0.2, -0.15) is 0 Å². The van der Waals surface area contributed by atoms with E-state index in [1.54, 1.807) is 0 Å². The number of hydrogen-bond donors (Lipinski definition) is 1. The van der Waals surface area contributed by atoms with Gasteiger partial charge < -0.3 is 5.32 Å². The van der Waals surface area contributed by atoms with E-state index in [9.17, 15) is 9.18 Å². The minimum absolute atomic E-state index is 0.135. The molecule has 1 amide bonds. The van der Waals surface area contributed by atoms with Crippen molar-refractivity contribution in [3.05, 3.63) is 68.9 Å². The average Bonchev–Trinajstić information content (AvgIpc) is 2.42. The SMILES string of the molecule is CC(NC(=O)c1cccc(F)c1Cl)c1ccc(Br)cc1. The minimum atomic E-state index is -0.601. The molecule has 0 spiro atoms. The van der Waals surface area contributed by atoms with Crippen LogP contribution in [0.1, 0.15) is 28.9 Å². The molecule has 0 radical (unpaired) electrons. The highest BCUT2D eigenvalue weighted by Crippen LogP contribution is 2.21. The van der Waals surface area contributed by atoms with E-state index in [-0.39, 0.29) is 16.6 Å². The van der Waals surface area contributed by atoms with Gasteiger partial charge in [0.1, 0.15) is 5.82 Å². The summed E-state index contributed by atoms with van der Waals surface area (Å²) in [5, 5.41) is 2.64. The number of halogens is 3. The van der Waals surface area contributed by atoms with E-state index in [1.165, 1.54) is 18.2 Å². The van der Waals surface area contributed by atoms with Gasteiger partial charge in [0.2, 0.25) is 0 Å².